The first kappa shape index (κ1) is 14.1. The van der Waals surface area contributed by atoms with Crippen LogP contribution in [0, 0.1) is 26.7 Å². The van der Waals surface area contributed by atoms with Crippen LogP contribution in [-0.2, 0) is 0 Å². The molecule has 0 spiro atoms. The maximum absolute atomic E-state index is 6.67. The first-order valence-corrected chi connectivity index (χ1v) is 8.02. The van der Waals surface area contributed by atoms with E-state index < -0.39 is 0 Å². The molecule has 2 nitrogen and oxygen atoms in total. The molecule has 3 unspecified atom stereocenters. The molecule has 3 atom stereocenters. The highest BCUT2D eigenvalue weighted by atomic mass is 15.2. The summed E-state index contributed by atoms with van der Waals surface area (Å²) in [4.78, 5) is 2.59. The largest absolute Gasteiger partial charge is 0.324 e. The number of benzene rings is 1. The number of fused-ring (bicyclic) bond motifs is 2. The molecule has 3 rings (SSSR count). The quantitative estimate of drug-likeness (QED) is 0.893. The molecule has 0 aromatic heterocycles. The van der Waals surface area contributed by atoms with E-state index in [1.54, 1.807) is 0 Å². The van der Waals surface area contributed by atoms with Crippen LogP contribution in [0.5, 0.6) is 0 Å². The Bertz CT molecular complexity index is 494. The molecule has 0 radical (unpaired) electrons. The number of piperidine rings is 1. The minimum atomic E-state index is 0.214. The molecule has 2 aliphatic rings. The van der Waals surface area contributed by atoms with Gasteiger partial charge in [-0.3, -0.25) is 0 Å². The van der Waals surface area contributed by atoms with Crippen LogP contribution in [0.4, 0.5) is 0 Å². The Labute approximate surface area is 123 Å². The molecule has 2 bridgehead atoms. The van der Waals surface area contributed by atoms with E-state index in [9.17, 15) is 0 Å². The van der Waals surface area contributed by atoms with Gasteiger partial charge in [-0.05, 0) is 81.7 Å². The fourth-order valence-corrected chi connectivity index (χ4v) is 4.34. The first-order chi connectivity index (χ1) is 9.47. The molecular formula is C18H28N2. The van der Waals surface area contributed by atoms with Crippen molar-refractivity contribution in [2.45, 2.75) is 64.6 Å². The Kier molecular flexibility index (Phi) is 3.64. The number of aryl methyl sites for hydroxylation is 3. The molecule has 0 aliphatic carbocycles. The fourth-order valence-electron chi connectivity index (χ4n) is 4.34. The van der Waals surface area contributed by atoms with Gasteiger partial charge in [-0.2, -0.15) is 0 Å². The summed E-state index contributed by atoms with van der Waals surface area (Å²) in [7, 11) is 2.30. The number of hydrogen-bond acceptors (Lipinski definition) is 2. The van der Waals surface area contributed by atoms with Crippen LogP contribution in [0.2, 0.25) is 0 Å². The summed E-state index contributed by atoms with van der Waals surface area (Å²) in [6.07, 6.45) is 5.30. The van der Waals surface area contributed by atoms with E-state index in [1.807, 2.05) is 0 Å². The van der Waals surface area contributed by atoms with E-state index in [0.29, 0.717) is 5.92 Å². The zero-order valence-corrected chi connectivity index (χ0v) is 13.3. The van der Waals surface area contributed by atoms with Gasteiger partial charge in [0.25, 0.3) is 0 Å². The summed E-state index contributed by atoms with van der Waals surface area (Å²) >= 11 is 0. The molecule has 2 saturated heterocycles. The van der Waals surface area contributed by atoms with Crippen molar-refractivity contribution in [3.8, 4) is 0 Å². The lowest BCUT2D eigenvalue weighted by molar-refractivity contribution is 0.120. The Balaban J connectivity index is 1.83. The maximum atomic E-state index is 6.67. The van der Waals surface area contributed by atoms with E-state index in [4.69, 9.17) is 5.73 Å². The standard InChI is InChI=1S/C18H28N2/c1-11-7-13(3)17(8-12(11)2)18(19)14-9-15-5-6-16(10-14)20(15)4/h7-8,14-16,18H,5-6,9-10,19H2,1-4H3. The minimum absolute atomic E-state index is 0.214. The zero-order valence-electron chi connectivity index (χ0n) is 13.3. The summed E-state index contributed by atoms with van der Waals surface area (Å²) in [5, 5.41) is 0. The van der Waals surface area contributed by atoms with Crippen LogP contribution >= 0.6 is 0 Å². The molecule has 2 heteroatoms. The van der Waals surface area contributed by atoms with Crippen LogP contribution in [-0.4, -0.2) is 24.0 Å². The normalized spacial score (nSPS) is 31.6. The van der Waals surface area contributed by atoms with Crippen molar-refractivity contribution in [2.24, 2.45) is 11.7 Å². The van der Waals surface area contributed by atoms with Crippen LogP contribution in [0.3, 0.4) is 0 Å². The predicted octanol–water partition coefficient (Wildman–Crippen LogP) is 3.48. The van der Waals surface area contributed by atoms with Crippen molar-refractivity contribution in [1.82, 2.24) is 4.90 Å². The Hall–Kier alpha value is -0.860. The smallest absolute Gasteiger partial charge is 0.0327 e. The van der Waals surface area contributed by atoms with Crippen molar-refractivity contribution >= 4 is 0 Å². The zero-order chi connectivity index (χ0) is 14.4. The summed E-state index contributed by atoms with van der Waals surface area (Å²) in [5.41, 5.74) is 12.2. The van der Waals surface area contributed by atoms with E-state index >= 15 is 0 Å². The summed E-state index contributed by atoms with van der Waals surface area (Å²) in [6, 6.07) is 6.39. The lowest BCUT2D eigenvalue weighted by Crippen LogP contribution is -2.42. The number of rotatable bonds is 2. The summed E-state index contributed by atoms with van der Waals surface area (Å²) in [6.45, 7) is 6.60. The lowest BCUT2D eigenvalue weighted by atomic mass is 9.80. The third-order valence-electron chi connectivity index (χ3n) is 5.88. The molecule has 0 saturated carbocycles. The molecule has 110 valence electrons. The van der Waals surface area contributed by atoms with Crippen LogP contribution in [0.15, 0.2) is 12.1 Å². The lowest BCUT2D eigenvalue weighted by Gasteiger charge is -2.39. The monoisotopic (exact) mass is 272 g/mol. The van der Waals surface area contributed by atoms with Crippen LogP contribution in [0.25, 0.3) is 0 Å². The molecule has 20 heavy (non-hydrogen) atoms. The van der Waals surface area contributed by atoms with E-state index in [-0.39, 0.29) is 6.04 Å². The first-order valence-electron chi connectivity index (χ1n) is 8.02. The highest BCUT2D eigenvalue weighted by Crippen LogP contribution is 2.42. The predicted molar refractivity (Wildman–Crippen MR) is 84.9 cm³/mol. The number of hydrogen-bond donors (Lipinski definition) is 1. The minimum Gasteiger partial charge on any atom is -0.324 e. The molecular weight excluding hydrogens is 244 g/mol. The van der Waals surface area contributed by atoms with Gasteiger partial charge in [0.1, 0.15) is 0 Å². The maximum Gasteiger partial charge on any atom is 0.0327 e. The van der Waals surface area contributed by atoms with Gasteiger partial charge < -0.3 is 10.6 Å². The van der Waals surface area contributed by atoms with Crippen molar-refractivity contribution in [1.29, 1.82) is 0 Å². The third-order valence-corrected chi connectivity index (χ3v) is 5.88. The average Bonchev–Trinajstić information content (AvgIpc) is 2.65. The topological polar surface area (TPSA) is 29.3 Å². The number of nitrogens with zero attached hydrogens (tertiary/aromatic N) is 1. The Morgan fingerprint density at radius 3 is 2.15 bits per heavy atom. The molecule has 0 amide bonds. The van der Waals surface area contributed by atoms with E-state index in [0.717, 1.165) is 12.1 Å². The summed E-state index contributed by atoms with van der Waals surface area (Å²) < 4.78 is 0. The van der Waals surface area contributed by atoms with Crippen molar-refractivity contribution in [3.63, 3.8) is 0 Å². The molecule has 1 aromatic carbocycles. The Morgan fingerprint density at radius 2 is 1.55 bits per heavy atom. The third kappa shape index (κ3) is 2.29. The van der Waals surface area contributed by atoms with Gasteiger partial charge in [0.05, 0.1) is 0 Å². The van der Waals surface area contributed by atoms with Gasteiger partial charge in [0.15, 0.2) is 0 Å². The van der Waals surface area contributed by atoms with Gasteiger partial charge in [-0.25, -0.2) is 0 Å². The van der Waals surface area contributed by atoms with Gasteiger partial charge in [0.2, 0.25) is 0 Å². The molecule has 2 heterocycles. The number of nitrogens with two attached hydrogens (primary N) is 1. The fraction of sp³-hybridized carbons (Fsp3) is 0.667. The van der Waals surface area contributed by atoms with Crippen LogP contribution < -0.4 is 5.73 Å². The second-order valence-electron chi connectivity index (χ2n) is 7.10. The van der Waals surface area contributed by atoms with Gasteiger partial charge in [0, 0.05) is 18.1 Å². The van der Waals surface area contributed by atoms with E-state index in [1.165, 1.54) is 47.9 Å². The van der Waals surface area contributed by atoms with Gasteiger partial charge in [-0.15, -0.1) is 0 Å². The highest BCUT2D eigenvalue weighted by Gasteiger charge is 2.40. The molecule has 2 aliphatic heterocycles. The van der Waals surface area contributed by atoms with E-state index in [2.05, 4.69) is 44.9 Å². The van der Waals surface area contributed by atoms with Gasteiger partial charge >= 0.3 is 0 Å². The molecule has 2 N–H and O–H groups in total. The van der Waals surface area contributed by atoms with Crippen molar-refractivity contribution in [3.05, 3.63) is 34.4 Å². The van der Waals surface area contributed by atoms with Crippen molar-refractivity contribution in [2.75, 3.05) is 7.05 Å². The summed E-state index contributed by atoms with van der Waals surface area (Å²) in [5.74, 6) is 0.657. The SMILES string of the molecule is Cc1cc(C)c(C(N)C2CC3CCC(C2)N3C)cc1C. The van der Waals surface area contributed by atoms with Crippen molar-refractivity contribution < 1.29 is 0 Å². The van der Waals surface area contributed by atoms with Gasteiger partial charge in [-0.1, -0.05) is 12.1 Å². The average molecular weight is 272 g/mol. The second kappa shape index (κ2) is 5.16. The molecule has 1 aromatic rings. The highest BCUT2D eigenvalue weighted by molar-refractivity contribution is 5.38. The Morgan fingerprint density at radius 1 is 1.00 bits per heavy atom. The second-order valence-corrected chi connectivity index (χ2v) is 7.10. The van der Waals surface area contributed by atoms with Crippen LogP contribution in [0.1, 0.15) is 54.0 Å². The molecule has 2 fully saturated rings.